The lowest BCUT2D eigenvalue weighted by molar-refractivity contribution is -0.122. The van der Waals surface area contributed by atoms with Gasteiger partial charge in [-0.3, -0.25) is 9.59 Å². The first kappa shape index (κ1) is 16.2. The maximum atomic E-state index is 12.2. The van der Waals surface area contributed by atoms with Crippen LogP contribution >= 0.6 is 0 Å². The van der Waals surface area contributed by atoms with Crippen molar-refractivity contribution in [2.75, 3.05) is 11.4 Å². The molecule has 1 unspecified atom stereocenters. The van der Waals surface area contributed by atoms with Crippen molar-refractivity contribution in [3.63, 3.8) is 0 Å². The zero-order valence-electron chi connectivity index (χ0n) is 13.4. The summed E-state index contributed by atoms with van der Waals surface area (Å²) >= 11 is 0. The topological polar surface area (TPSA) is 75.4 Å². The summed E-state index contributed by atoms with van der Waals surface area (Å²) in [6, 6.07) is 16.3. The molecule has 2 amide bonds. The van der Waals surface area contributed by atoms with Crippen LogP contribution in [0.4, 0.5) is 5.69 Å². The van der Waals surface area contributed by atoms with E-state index < -0.39 is 6.04 Å². The highest BCUT2D eigenvalue weighted by molar-refractivity contribution is 5.95. The number of amides is 2. The molecule has 1 atom stereocenters. The fourth-order valence-electron chi connectivity index (χ4n) is 2.87. The van der Waals surface area contributed by atoms with E-state index in [-0.39, 0.29) is 11.8 Å². The van der Waals surface area contributed by atoms with E-state index in [4.69, 9.17) is 5.73 Å². The molecule has 2 aromatic rings. The van der Waals surface area contributed by atoms with Crippen molar-refractivity contribution in [2.24, 2.45) is 5.73 Å². The molecule has 2 aromatic carbocycles. The van der Waals surface area contributed by atoms with Gasteiger partial charge in [-0.2, -0.15) is 0 Å². The molecule has 0 saturated carbocycles. The molecule has 0 spiro atoms. The second kappa shape index (κ2) is 7.27. The monoisotopic (exact) mass is 323 g/mol. The van der Waals surface area contributed by atoms with E-state index in [0.717, 1.165) is 29.8 Å². The van der Waals surface area contributed by atoms with Gasteiger partial charge >= 0.3 is 0 Å². The van der Waals surface area contributed by atoms with E-state index in [1.165, 1.54) is 0 Å². The molecule has 3 N–H and O–H groups in total. The van der Waals surface area contributed by atoms with Gasteiger partial charge in [0.05, 0.1) is 0 Å². The molecule has 1 saturated heterocycles. The van der Waals surface area contributed by atoms with Gasteiger partial charge in [-0.05, 0) is 29.7 Å². The molecule has 24 heavy (non-hydrogen) atoms. The van der Waals surface area contributed by atoms with Gasteiger partial charge in [-0.25, -0.2) is 0 Å². The van der Waals surface area contributed by atoms with Crippen LogP contribution in [0.2, 0.25) is 0 Å². The van der Waals surface area contributed by atoms with Crippen LogP contribution in [0.3, 0.4) is 0 Å². The van der Waals surface area contributed by atoms with E-state index in [2.05, 4.69) is 5.32 Å². The van der Waals surface area contributed by atoms with Crippen LogP contribution in [0.1, 0.15) is 30.0 Å². The molecule has 5 nitrogen and oxygen atoms in total. The summed E-state index contributed by atoms with van der Waals surface area (Å²) in [6.45, 7) is 1.14. The number of anilines is 1. The molecule has 1 fully saturated rings. The third-order valence-electron chi connectivity index (χ3n) is 4.20. The summed E-state index contributed by atoms with van der Waals surface area (Å²) in [4.78, 5) is 25.8. The minimum Gasteiger partial charge on any atom is -0.350 e. The molecule has 3 rings (SSSR count). The highest BCUT2D eigenvalue weighted by Gasteiger charge is 2.21. The maximum Gasteiger partial charge on any atom is 0.241 e. The Labute approximate surface area is 141 Å². The highest BCUT2D eigenvalue weighted by Crippen LogP contribution is 2.22. The van der Waals surface area contributed by atoms with Gasteiger partial charge in [0.15, 0.2) is 0 Å². The maximum absolute atomic E-state index is 12.2. The van der Waals surface area contributed by atoms with Crippen LogP contribution < -0.4 is 16.0 Å². The Morgan fingerprint density at radius 1 is 1.17 bits per heavy atom. The number of hydrogen-bond donors (Lipinski definition) is 2. The summed E-state index contributed by atoms with van der Waals surface area (Å²) in [5, 5.41) is 2.86. The molecule has 0 radical (unpaired) electrons. The van der Waals surface area contributed by atoms with Crippen LogP contribution in [0.5, 0.6) is 0 Å². The number of nitrogens with one attached hydrogen (secondary N) is 1. The molecular weight excluding hydrogens is 302 g/mol. The summed E-state index contributed by atoms with van der Waals surface area (Å²) in [7, 11) is 0. The quantitative estimate of drug-likeness (QED) is 0.885. The molecule has 1 aliphatic rings. The Kier molecular flexibility index (Phi) is 4.91. The molecule has 124 valence electrons. The van der Waals surface area contributed by atoms with Gasteiger partial charge in [0.25, 0.3) is 0 Å². The van der Waals surface area contributed by atoms with Gasteiger partial charge in [0.2, 0.25) is 11.8 Å². The molecule has 1 aliphatic heterocycles. The molecule has 0 aromatic heterocycles. The molecule has 0 aliphatic carbocycles. The lowest BCUT2D eigenvalue weighted by Crippen LogP contribution is -2.33. The average Bonchev–Trinajstić information content (AvgIpc) is 3.06. The van der Waals surface area contributed by atoms with Crippen molar-refractivity contribution >= 4 is 17.5 Å². The van der Waals surface area contributed by atoms with E-state index in [1.54, 1.807) is 4.90 Å². The van der Waals surface area contributed by atoms with E-state index >= 15 is 0 Å². The standard InChI is InChI=1S/C19H21N3O2/c20-18(15-7-2-1-3-8-15)19(24)21-13-14-6-4-9-16(12-14)22-11-5-10-17(22)23/h1-4,6-9,12,18H,5,10-11,13,20H2,(H,21,24). The van der Waals surface area contributed by atoms with E-state index in [9.17, 15) is 9.59 Å². The lowest BCUT2D eigenvalue weighted by Gasteiger charge is -2.17. The Hall–Kier alpha value is -2.66. The van der Waals surface area contributed by atoms with Gasteiger partial charge in [-0.15, -0.1) is 0 Å². The predicted molar refractivity (Wildman–Crippen MR) is 93.2 cm³/mol. The first-order valence-electron chi connectivity index (χ1n) is 8.13. The van der Waals surface area contributed by atoms with Crippen molar-refractivity contribution in [2.45, 2.75) is 25.4 Å². The van der Waals surface area contributed by atoms with Crippen molar-refractivity contribution in [1.29, 1.82) is 0 Å². The van der Waals surface area contributed by atoms with Gasteiger partial charge in [0.1, 0.15) is 6.04 Å². The fourth-order valence-corrected chi connectivity index (χ4v) is 2.87. The normalized spacial score (nSPS) is 15.4. The second-order valence-electron chi connectivity index (χ2n) is 5.92. The predicted octanol–water partition coefficient (Wildman–Crippen LogP) is 2.13. The minimum absolute atomic E-state index is 0.155. The summed E-state index contributed by atoms with van der Waals surface area (Å²) in [5.74, 6) is -0.0638. The smallest absolute Gasteiger partial charge is 0.241 e. The zero-order valence-corrected chi connectivity index (χ0v) is 13.4. The second-order valence-corrected chi connectivity index (χ2v) is 5.92. The number of carbonyl (C=O) groups is 2. The Morgan fingerprint density at radius 3 is 2.67 bits per heavy atom. The van der Waals surface area contributed by atoms with Gasteiger partial charge in [0, 0.05) is 25.2 Å². The highest BCUT2D eigenvalue weighted by atomic mass is 16.2. The molecular formula is C19H21N3O2. The van der Waals surface area contributed by atoms with Gasteiger partial charge < -0.3 is 16.0 Å². The van der Waals surface area contributed by atoms with Crippen LogP contribution in [0.15, 0.2) is 54.6 Å². The molecule has 0 bridgehead atoms. The third-order valence-corrected chi connectivity index (χ3v) is 4.20. The number of nitrogens with zero attached hydrogens (tertiary/aromatic N) is 1. The SMILES string of the molecule is NC(C(=O)NCc1cccc(N2CCCC2=O)c1)c1ccccc1. The number of carbonyl (C=O) groups excluding carboxylic acids is 2. The summed E-state index contributed by atoms with van der Waals surface area (Å²) in [6.07, 6.45) is 1.50. The van der Waals surface area contributed by atoms with E-state index in [1.807, 2.05) is 54.6 Å². The minimum atomic E-state index is -0.686. The van der Waals surface area contributed by atoms with Crippen molar-refractivity contribution in [1.82, 2.24) is 5.32 Å². The fraction of sp³-hybridized carbons (Fsp3) is 0.263. The number of nitrogens with two attached hydrogens (primary N) is 1. The lowest BCUT2D eigenvalue weighted by atomic mass is 10.1. The number of rotatable bonds is 5. The largest absolute Gasteiger partial charge is 0.350 e. The summed E-state index contributed by atoms with van der Waals surface area (Å²) in [5.41, 5.74) is 8.60. The van der Waals surface area contributed by atoms with Crippen molar-refractivity contribution in [3.8, 4) is 0 Å². The Balaban J connectivity index is 1.62. The van der Waals surface area contributed by atoms with Crippen molar-refractivity contribution < 1.29 is 9.59 Å². The average molecular weight is 323 g/mol. The van der Waals surface area contributed by atoms with Crippen LogP contribution in [-0.4, -0.2) is 18.4 Å². The van der Waals surface area contributed by atoms with Crippen molar-refractivity contribution in [3.05, 3.63) is 65.7 Å². The Morgan fingerprint density at radius 2 is 1.96 bits per heavy atom. The van der Waals surface area contributed by atoms with Gasteiger partial charge in [-0.1, -0.05) is 42.5 Å². The Bertz CT molecular complexity index is 730. The van der Waals surface area contributed by atoms with E-state index in [0.29, 0.717) is 13.0 Å². The first-order chi connectivity index (χ1) is 11.6. The number of hydrogen-bond acceptors (Lipinski definition) is 3. The van der Waals surface area contributed by atoms with Crippen LogP contribution in [-0.2, 0) is 16.1 Å². The van der Waals surface area contributed by atoms with Crippen LogP contribution in [0, 0.1) is 0 Å². The zero-order chi connectivity index (χ0) is 16.9. The van der Waals surface area contributed by atoms with Crippen LogP contribution in [0.25, 0.3) is 0 Å². The molecule has 1 heterocycles. The summed E-state index contributed by atoms with van der Waals surface area (Å²) < 4.78 is 0. The number of benzene rings is 2. The third kappa shape index (κ3) is 3.63. The molecule has 5 heteroatoms. The first-order valence-corrected chi connectivity index (χ1v) is 8.13.